The summed E-state index contributed by atoms with van der Waals surface area (Å²) in [5.41, 5.74) is 0.592. The van der Waals surface area contributed by atoms with Crippen LogP contribution in [-0.2, 0) is 16.1 Å². The van der Waals surface area contributed by atoms with Gasteiger partial charge in [-0.25, -0.2) is 4.39 Å². The fraction of sp³-hybridized carbons (Fsp3) is 0.500. The Labute approximate surface area is 116 Å². The van der Waals surface area contributed by atoms with E-state index in [0.717, 1.165) is 19.0 Å². The number of carbonyl (C=O) groups is 2. The van der Waals surface area contributed by atoms with Crippen molar-refractivity contribution in [1.29, 1.82) is 0 Å². The third kappa shape index (κ3) is 2.37. The van der Waals surface area contributed by atoms with Gasteiger partial charge in [0.1, 0.15) is 17.9 Å². The van der Waals surface area contributed by atoms with Gasteiger partial charge in [0.25, 0.3) is 0 Å². The summed E-state index contributed by atoms with van der Waals surface area (Å²) in [6.07, 6.45) is 4.58. The van der Waals surface area contributed by atoms with Crippen LogP contribution in [0.2, 0.25) is 0 Å². The van der Waals surface area contributed by atoms with Crippen LogP contribution < -0.4 is 5.32 Å². The first-order valence-corrected chi connectivity index (χ1v) is 6.76. The van der Waals surface area contributed by atoms with Crippen molar-refractivity contribution in [2.75, 3.05) is 0 Å². The highest BCUT2D eigenvalue weighted by Gasteiger charge is 2.45. The topological polar surface area (TPSA) is 62.3 Å². The average molecular weight is 277 g/mol. The molecule has 20 heavy (non-hydrogen) atoms. The average Bonchev–Trinajstić information content (AvgIpc) is 3.23. The lowest BCUT2D eigenvalue weighted by Crippen LogP contribution is -2.62. The summed E-state index contributed by atoms with van der Waals surface area (Å²) in [6.45, 7) is 1.89. The Morgan fingerprint density at radius 1 is 1.40 bits per heavy atom. The number of hydrogen-bond donors (Lipinski definition) is 1. The van der Waals surface area contributed by atoms with E-state index in [-0.39, 0.29) is 24.3 Å². The quantitative estimate of drug-likeness (QED) is 0.891. The van der Waals surface area contributed by atoms with Crippen LogP contribution in [0.5, 0.6) is 0 Å². The van der Waals surface area contributed by atoms with Crippen molar-refractivity contribution >= 4 is 11.8 Å². The SMILES string of the molecule is CC1C(=O)NC(C2CC2)C(=O)N1Cc1cncc(F)c1. The minimum atomic E-state index is -0.541. The normalized spacial score (nSPS) is 26.6. The lowest BCUT2D eigenvalue weighted by molar-refractivity contribution is -0.149. The predicted molar refractivity (Wildman–Crippen MR) is 68.9 cm³/mol. The lowest BCUT2D eigenvalue weighted by Gasteiger charge is -2.37. The van der Waals surface area contributed by atoms with Gasteiger partial charge in [0, 0.05) is 12.7 Å². The van der Waals surface area contributed by atoms with Gasteiger partial charge in [-0.3, -0.25) is 14.6 Å². The predicted octanol–water partition coefficient (Wildman–Crippen LogP) is 0.846. The number of rotatable bonds is 3. The van der Waals surface area contributed by atoms with Crippen molar-refractivity contribution in [3.05, 3.63) is 29.8 Å². The smallest absolute Gasteiger partial charge is 0.246 e. The van der Waals surface area contributed by atoms with E-state index in [1.54, 1.807) is 6.92 Å². The monoisotopic (exact) mass is 277 g/mol. The number of amides is 2. The summed E-state index contributed by atoms with van der Waals surface area (Å²) < 4.78 is 13.2. The van der Waals surface area contributed by atoms with Gasteiger partial charge in [0.15, 0.2) is 0 Å². The number of halogens is 1. The molecule has 1 N–H and O–H groups in total. The molecule has 0 aromatic carbocycles. The molecule has 1 saturated heterocycles. The van der Waals surface area contributed by atoms with Crippen molar-refractivity contribution in [2.45, 2.75) is 38.4 Å². The molecule has 2 aliphatic rings. The maximum atomic E-state index is 13.2. The molecule has 106 valence electrons. The molecule has 1 aliphatic carbocycles. The van der Waals surface area contributed by atoms with Gasteiger partial charge in [0.2, 0.25) is 11.8 Å². The number of pyridine rings is 1. The highest BCUT2D eigenvalue weighted by Crippen LogP contribution is 2.35. The van der Waals surface area contributed by atoms with E-state index < -0.39 is 17.9 Å². The molecule has 2 amide bonds. The largest absolute Gasteiger partial charge is 0.342 e. The van der Waals surface area contributed by atoms with Crippen molar-refractivity contribution in [1.82, 2.24) is 15.2 Å². The fourth-order valence-electron chi connectivity index (χ4n) is 2.55. The number of aromatic nitrogens is 1. The molecule has 1 aromatic heterocycles. The zero-order valence-corrected chi connectivity index (χ0v) is 11.2. The molecular formula is C14H16FN3O2. The first-order chi connectivity index (χ1) is 9.56. The maximum absolute atomic E-state index is 13.2. The molecule has 5 nitrogen and oxygen atoms in total. The van der Waals surface area contributed by atoms with Gasteiger partial charge < -0.3 is 10.2 Å². The summed E-state index contributed by atoms with van der Waals surface area (Å²) in [5.74, 6) is -0.412. The van der Waals surface area contributed by atoms with E-state index in [0.29, 0.717) is 5.56 Å². The second-order valence-corrected chi connectivity index (χ2v) is 5.48. The molecule has 6 heteroatoms. The Morgan fingerprint density at radius 2 is 2.15 bits per heavy atom. The van der Waals surface area contributed by atoms with Crippen LogP contribution in [0, 0.1) is 11.7 Å². The van der Waals surface area contributed by atoms with Crippen molar-refractivity contribution in [3.63, 3.8) is 0 Å². The van der Waals surface area contributed by atoms with Gasteiger partial charge in [-0.15, -0.1) is 0 Å². The summed E-state index contributed by atoms with van der Waals surface area (Å²) in [4.78, 5) is 29.7. The van der Waals surface area contributed by atoms with Crippen molar-refractivity contribution < 1.29 is 14.0 Å². The van der Waals surface area contributed by atoms with Crippen molar-refractivity contribution in [3.8, 4) is 0 Å². The van der Waals surface area contributed by atoms with Crippen LogP contribution in [0.3, 0.4) is 0 Å². The molecule has 1 aliphatic heterocycles. The number of hydrogen-bond acceptors (Lipinski definition) is 3. The second kappa shape index (κ2) is 4.85. The van der Waals surface area contributed by atoms with E-state index >= 15 is 0 Å². The van der Waals surface area contributed by atoms with Gasteiger partial charge in [0.05, 0.1) is 6.20 Å². The third-order valence-corrected chi connectivity index (χ3v) is 3.90. The molecule has 2 atom stereocenters. The van der Waals surface area contributed by atoms with Gasteiger partial charge in [-0.1, -0.05) is 0 Å². The molecule has 0 radical (unpaired) electrons. The van der Waals surface area contributed by atoms with E-state index in [1.165, 1.54) is 17.2 Å². The van der Waals surface area contributed by atoms with Crippen molar-refractivity contribution in [2.24, 2.45) is 5.92 Å². The Kier molecular flexibility index (Phi) is 3.16. The highest BCUT2D eigenvalue weighted by atomic mass is 19.1. The first kappa shape index (κ1) is 13.0. The highest BCUT2D eigenvalue weighted by molar-refractivity contribution is 5.97. The first-order valence-electron chi connectivity index (χ1n) is 6.76. The molecule has 1 saturated carbocycles. The van der Waals surface area contributed by atoms with Crippen LogP contribution in [0.25, 0.3) is 0 Å². The van der Waals surface area contributed by atoms with E-state index in [1.807, 2.05) is 0 Å². The summed E-state index contributed by atoms with van der Waals surface area (Å²) in [7, 11) is 0. The number of nitrogens with zero attached hydrogens (tertiary/aromatic N) is 2. The zero-order valence-electron chi connectivity index (χ0n) is 11.2. The van der Waals surface area contributed by atoms with Gasteiger partial charge >= 0.3 is 0 Å². The molecule has 0 bridgehead atoms. The number of carbonyl (C=O) groups excluding carboxylic acids is 2. The summed E-state index contributed by atoms with van der Waals surface area (Å²) in [6, 6.07) is 0.382. The lowest BCUT2D eigenvalue weighted by atomic mass is 10.0. The third-order valence-electron chi connectivity index (χ3n) is 3.90. The number of nitrogens with one attached hydrogen (secondary N) is 1. The standard InChI is InChI=1S/C14H16FN3O2/c1-8-13(19)17-12(10-2-3-10)14(20)18(8)7-9-4-11(15)6-16-5-9/h4-6,8,10,12H,2-3,7H2,1H3,(H,17,19). The Hall–Kier alpha value is -1.98. The van der Waals surface area contributed by atoms with Crippen LogP contribution in [-0.4, -0.2) is 33.8 Å². The molecule has 2 fully saturated rings. The molecule has 3 rings (SSSR count). The van der Waals surface area contributed by atoms with E-state index in [9.17, 15) is 14.0 Å². The minimum absolute atomic E-state index is 0.0798. The Bertz CT molecular complexity index is 559. The summed E-state index contributed by atoms with van der Waals surface area (Å²) >= 11 is 0. The fourth-order valence-corrected chi connectivity index (χ4v) is 2.55. The molecule has 2 heterocycles. The van der Waals surface area contributed by atoms with Crippen LogP contribution in [0.15, 0.2) is 18.5 Å². The molecular weight excluding hydrogens is 261 g/mol. The van der Waals surface area contributed by atoms with Crippen LogP contribution in [0.4, 0.5) is 4.39 Å². The van der Waals surface area contributed by atoms with Gasteiger partial charge in [-0.2, -0.15) is 0 Å². The van der Waals surface area contributed by atoms with Crippen LogP contribution in [0.1, 0.15) is 25.3 Å². The van der Waals surface area contributed by atoms with E-state index in [2.05, 4.69) is 10.3 Å². The van der Waals surface area contributed by atoms with Gasteiger partial charge in [-0.05, 0) is 37.3 Å². The maximum Gasteiger partial charge on any atom is 0.246 e. The minimum Gasteiger partial charge on any atom is -0.342 e. The van der Waals surface area contributed by atoms with Crippen LogP contribution >= 0.6 is 0 Å². The Morgan fingerprint density at radius 3 is 2.80 bits per heavy atom. The molecule has 1 aromatic rings. The Balaban J connectivity index is 1.81. The number of piperazine rings is 1. The zero-order chi connectivity index (χ0) is 14.3. The second-order valence-electron chi connectivity index (χ2n) is 5.48. The molecule has 0 spiro atoms. The van der Waals surface area contributed by atoms with E-state index in [4.69, 9.17) is 0 Å². The summed E-state index contributed by atoms with van der Waals surface area (Å²) in [5, 5.41) is 2.79. The molecule has 2 unspecified atom stereocenters.